The van der Waals surface area contributed by atoms with Gasteiger partial charge in [0.2, 0.25) is 0 Å². The molecule has 0 radical (unpaired) electrons. The fraction of sp³-hybridized carbons (Fsp3) is 0.900. The Labute approximate surface area is 148 Å². The van der Waals surface area contributed by atoms with Gasteiger partial charge in [0.1, 0.15) is 0 Å². The summed E-state index contributed by atoms with van der Waals surface area (Å²) in [7, 11) is 0. The largest absolute Gasteiger partial charge is 0.481 e. The molecule has 142 valence electrons. The van der Waals surface area contributed by atoms with Crippen LogP contribution < -0.4 is 0 Å². The Morgan fingerprint density at radius 1 is 0.708 bits per heavy atom. The molecule has 0 bridgehead atoms. The highest BCUT2D eigenvalue weighted by Gasteiger charge is 2.23. The minimum absolute atomic E-state index is 0.239. The number of carboxylic acid groups (broad SMARTS) is 2. The van der Waals surface area contributed by atoms with Crippen molar-refractivity contribution >= 4 is 11.9 Å². The first-order valence-electron chi connectivity index (χ1n) is 9.94. The van der Waals surface area contributed by atoms with Crippen LogP contribution in [-0.4, -0.2) is 22.2 Å². The third-order valence-corrected chi connectivity index (χ3v) is 4.82. The van der Waals surface area contributed by atoms with Gasteiger partial charge < -0.3 is 10.2 Å². The van der Waals surface area contributed by atoms with Crippen LogP contribution in [0.5, 0.6) is 0 Å². The van der Waals surface area contributed by atoms with Crippen molar-refractivity contribution in [3.8, 4) is 0 Å². The fourth-order valence-corrected chi connectivity index (χ4v) is 3.10. The second kappa shape index (κ2) is 15.5. The Morgan fingerprint density at radius 3 is 1.50 bits per heavy atom. The summed E-state index contributed by atoms with van der Waals surface area (Å²) in [5.41, 5.74) is 0. The van der Waals surface area contributed by atoms with Gasteiger partial charge in [-0.2, -0.15) is 0 Å². The van der Waals surface area contributed by atoms with Gasteiger partial charge in [0.05, 0.1) is 11.8 Å². The Kier molecular flexibility index (Phi) is 14.8. The zero-order valence-electron chi connectivity index (χ0n) is 15.8. The minimum Gasteiger partial charge on any atom is -0.481 e. The van der Waals surface area contributed by atoms with Gasteiger partial charge in [0.25, 0.3) is 0 Å². The van der Waals surface area contributed by atoms with Crippen LogP contribution in [0.15, 0.2) is 0 Å². The smallest absolute Gasteiger partial charge is 0.306 e. The molecule has 2 N–H and O–H groups in total. The Morgan fingerprint density at radius 2 is 1.12 bits per heavy atom. The summed E-state index contributed by atoms with van der Waals surface area (Å²) in [5, 5.41) is 18.1. The predicted molar refractivity (Wildman–Crippen MR) is 98.2 cm³/mol. The number of unbranched alkanes of at least 4 members (excludes halogenated alkanes) is 11. The molecule has 0 rings (SSSR count). The van der Waals surface area contributed by atoms with Crippen LogP contribution in [0.1, 0.15) is 104 Å². The van der Waals surface area contributed by atoms with Crippen LogP contribution in [0.2, 0.25) is 0 Å². The van der Waals surface area contributed by atoms with Crippen LogP contribution >= 0.6 is 0 Å². The second-order valence-corrected chi connectivity index (χ2v) is 7.19. The quantitative estimate of drug-likeness (QED) is 0.323. The van der Waals surface area contributed by atoms with Crippen LogP contribution in [0.4, 0.5) is 0 Å². The van der Waals surface area contributed by atoms with Crippen LogP contribution in [0.3, 0.4) is 0 Å². The highest BCUT2D eigenvalue weighted by Crippen LogP contribution is 2.20. The number of carbonyl (C=O) groups is 2. The van der Waals surface area contributed by atoms with Crippen molar-refractivity contribution in [2.24, 2.45) is 11.8 Å². The van der Waals surface area contributed by atoms with Crippen molar-refractivity contribution in [3.63, 3.8) is 0 Å². The van der Waals surface area contributed by atoms with Gasteiger partial charge >= 0.3 is 11.9 Å². The van der Waals surface area contributed by atoms with E-state index in [0.29, 0.717) is 6.42 Å². The van der Waals surface area contributed by atoms with Crippen molar-refractivity contribution in [2.75, 3.05) is 0 Å². The van der Waals surface area contributed by atoms with Crippen molar-refractivity contribution in [2.45, 2.75) is 104 Å². The van der Waals surface area contributed by atoms with Gasteiger partial charge in [-0.3, -0.25) is 9.59 Å². The first kappa shape index (κ1) is 22.9. The molecule has 0 amide bonds. The van der Waals surface area contributed by atoms with Gasteiger partial charge in [-0.1, -0.05) is 90.9 Å². The Hall–Kier alpha value is -1.06. The molecule has 0 saturated carbocycles. The third kappa shape index (κ3) is 13.4. The van der Waals surface area contributed by atoms with Gasteiger partial charge in [-0.05, 0) is 12.8 Å². The maximum absolute atomic E-state index is 11.2. The number of rotatable bonds is 17. The highest BCUT2D eigenvalue weighted by atomic mass is 16.4. The molecule has 0 fully saturated rings. The van der Waals surface area contributed by atoms with E-state index in [-0.39, 0.29) is 6.42 Å². The van der Waals surface area contributed by atoms with E-state index in [1.807, 2.05) is 0 Å². The van der Waals surface area contributed by atoms with Crippen molar-refractivity contribution in [3.05, 3.63) is 0 Å². The van der Waals surface area contributed by atoms with E-state index in [9.17, 15) is 14.7 Å². The summed E-state index contributed by atoms with van der Waals surface area (Å²) in [6.45, 7) is 3.83. The summed E-state index contributed by atoms with van der Waals surface area (Å²) in [5.74, 6) is -2.86. The highest BCUT2D eigenvalue weighted by molar-refractivity contribution is 5.73. The summed E-state index contributed by atoms with van der Waals surface area (Å²) < 4.78 is 0. The lowest BCUT2D eigenvalue weighted by Crippen LogP contribution is -2.21. The zero-order valence-corrected chi connectivity index (χ0v) is 15.8. The topological polar surface area (TPSA) is 74.6 Å². The zero-order chi connectivity index (χ0) is 18.2. The van der Waals surface area contributed by atoms with E-state index < -0.39 is 23.8 Å². The molecule has 4 heteroatoms. The average Bonchev–Trinajstić information content (AvgIpc) is 2.54. The van der Waals surface area contributed by atoms with Gasteiger partial charge in [0, 0.05) is 0 Å². The SMILES string of the molecule is CCCCCCCCCCCCCCC(CC(C)C(=O)O)C(=O)O. The number of hydrogen-bond donors (Lipinski definition) is 2. The third-order valence-electron chi connectivity index (χ3n) is 4.82. The molecule has 0 aliphatic rings. The normalized spacial score (nSPS) is 13.6. The molecule has 2 unspecified atom stereocenters. The maximum atomic E-state index is 11.2. The van der Waals surface area contributed by atoms with Crippen LogP contribution in [-0.2, 0) is 9.59 Å². The molecule has 0 aliphatic heterocycles. The van der Waals surface area contributed by atoms with Gasteiger partial charge in [0.15, 0.2) is 0 Å². The first-order valence-corrected chi connectivity index (χ1v) is 9.94. The molecular weight excluding hydrogens is 304 g/mol. The standard InChI is InChI=1S/C20H38O4/c1-3-4-5-6-7-8-9-10-11-12-13-14-15-18(20(23)24)16-17(2)19(21)22/h17-18H,3-16H2,1-2H3,(H,21,22)(H,23,24). The van der Waals surface area contributed by atoms with Crippen molar-refractivity contribution in [1.29, 1.82) is 0 Å². The van der Waals surface area contributed by atoms with Crippen molar-refractivity contribution < 1.29 is 19.8 Å². The Balaban J connectivity index is 3.52. The molecule has 0 aromatic heterocycles. The first-order chi connectivity index (χ1) is 11.5. The van der Waals surface area contributed by atoms with Gasteiger partial charge in [-0.15, -0.1) is 0 Å². The molecule has 0 aliphatic carbocycles. The second-order valence-electron chi connectivity index (χ2n) is 7.19. The number of hydrogen-bond acceptors (Lipinski definition) is 2. The van der Waals surface area contributed by atoms with E-state index in [2.05, 4.69) is 6.92 Å². The molecule has 0 aromatic rings. The van der Waals surface area contributed by atoms with E-state index in [1.165, 1.54) is 57.8 Å². The molecule has 0 heterocycles. The average molecular weight is 343 g/mol. The van der Waals surface area contributed by atoms with E-state index >= 15 is 0 Å². The van der Waals surface area contributed by atoms with Crippen molar-refractivity contribution in [1.82, 2.24) is 0 Å². The number of carboxylic acids is 2. The molecule has 0 saturated heterocycles. The fourth-order valence-electron chi connectivity index (χ4n) is 3.10. The lowest BCUT2D eigenvalue weighted by atomic mass is 9.91. The van der Waals surface area contributed by atoms with Gasteiger partial charge in [-0.25, -0.2) is 0 Å². The molecule has 0 aromatic carbocycles. The molecule has 0 spiro atoms. The lowest BCUT2D eigenvalue weighted by Gasteiger charge is -2.14. The molecular formula is C20H38O4. The lowest BCUT2D eigenvalue weighted by molar-refractivity contribution is -0.145. The molecule has 24 heavy (non-hydrogen) atoms. The van der Waals surface area contributed by atoms with E-state index in [0.717, 1.165) is 19.3 Å². The maximum Gasteiger partial charge on any atom is 0.306 e. The summed E-state index contributed by atoms with van der Waals surface area (Å²) >= 11 is 0. The predicted octanol–water partition coefficient (Wildman–Crippen LogP) is 5.89. The Bertz CT molecular complexity index is 328. The van der Waals surface area contributed by atoms with Crippen LogP contribution in [0, 0.1) is 11.8 Å². The summed E-state index contributed by atoms with van der Waals surface area (Å²) in [6.07, 6.45) is 15.9. The monoisotopic (exact) mass is 342 g/mol. The van der Waals surface area contributed by atoms with Crippen LogP contribution in [0.25, 0.3) is 0 Å². The number of aliphatic carboxylic acids is 2. The molecule has 4 nitrogen and oxygen atoms in total. The minimum atomic E-state index is -0.907. The van der Waals surface area contributed by atoms with E-state index in [4.69, 9.17) is 5.11 Å². The summed E-state index contributed by atoms with van der Waals surface area (Å²) in [4.78, 5) is 22.0. The summed E-state index contributed by atoms with van der Waals surface area (Å²) in [6, 6.07) is 0. The van der Waals surface area contributed by atoms with E-state index in [1.54, 1.807) is 6.92 Å². The molecule has 2 atom stereocenters.